The molecule has 1 rings (SSSR count). The fraction of sp³-hybridized carbons (Fsp3) is 0.700. The summed E-state index contributed by atoms with van der Waals surface area (Å²) in [6, 6.07) is 0. The van der Waals surface area contributed by atoms with Crippen molar-refractivity contribution in [3.05, 3.63) is 15.9 Å². The Bertz CT molecular complexity index is 392. The zero-order valence-corrected chi connectivity index (χ0v) is 12.5. The zero-order chi connectivity index (χ0) is 13.8. The van der Waals surface area contributed by atoms with Crippen LogP contribution < -0.4 is 5.32 Å². The summed E-state index contributed by atoms with van der Waals surface area (Å²) in [6.07, 6.45) is 0.818. The van der Waals surface area contributed by atoms with Crippen LogP contribution in [0.25, 0.3) is 0 Å². The number of halogens is 4. The Kier molecular flexibility index (Phi) is 6.00. The molecule has 0 saturated heterocycles. The molecule has 0 aliphatic heterocycles. The molecule has 0 radical (unpaired) electrons. The number of thioether (sulfide) groups is 1. The summed E-state index contributed by atoms with van der Waals surface area (Å²) < 4.78 is 38.4. The van der Waals surface area contributed by atoms with Gasteiger partial charge in [-0.2, -0.15) is 18.3 Å². The van der Waals surface area contributed by atoms with Crippen molar-refractivity contribution in [1.82, 2.24) is 15.1 Å². The molecule has 1 heterocycles. The molecule has 0 atom stereocenters. The van der Waals surface area contributed by atoms with Crippen LogP contribution in [-0.2, 0) is 20.0 Å². The second-order valence-electron chi connectivity index (χ2n) is 3.66. The van der Waals surface area contributed by atoms with E-state index in [0.29, 0.717) is 13.1 Å². The van der Waals surface area contributed by atoms with Gasteiger partial charge >= 0.3 is 5.51 Å². The number of aryl methyl sites for hydroxylation is 2. The van der Waals surface area contributed by atoms with Gasteiger partial charge in [-0.25, -0.2) is 0 Å². The Labute approximate surface area is 117 Å². The molecule has 0 bridgehead atoms. The lowest BCUT2D eigenvalue weighted by molar-refractivity contribution is -0.0327. The van der Waals surface area contributed by atoms with Crippen LogP contribution in [0, 0.1) is 0 Å². The van der Waals surface area contributed by atoms with Gasteiger partial charge in [0.1, 0.15) is 0 Å². The van der Waals surface area contributed by atoms with Crippen molar-refractivity contribution in [2.24, 2.45) is 7.05 Å². The standard InChI is InChI=1S/C10H15BrF3N3S/c1-3-7-9(11)8(17(2)16-7)6-15-4-5-18-10(12,13)14/h15H,3-6H2,1-2H3. The van der Waals surface area contributed by atoms with E-state index >= 15 is 0 Å². The van der Waals surface area contributed by atoms with Crippen molar-refractivity contribution in [3.8, 4) is 0 Å². The van der Waals surface area contributed by atoms with Gasteiger partial charge in [-0.15, -0.1) is 0 Å². The summed E-state index contributed by atoms with van der Waals surface area (Å²) in [5.41, 5.74) is -2.24. The van der Waals surface area contributed by atoms with Crippen molar-refractivity contribution >= 4 is 27.7 Å². The molecule has 0 aromatic carbocycles. The first-order chi connectivity index (χ1) is 8.35. The van der Waals surface area contributed by atoms with Crippen LogP contribution >= 0.6 is 27.7 Å². The largest absolute Gasteiger partial charge is 0.441 e. The molecule has 1 N–H and O–H groups in total. The summed E-state index contributed by atoms with van der Waals surface area (Å²) in [5, 5.41) is 7.29. The number of nitrogens with one attached hydrogen (secondary N) is 1. The van der Waals surface area contributed by atoms with Gasteiger partial charge in [0.15, 0.2) is 0 Å². The first kappa shape index (κ1) is 15.8. The third-order valence-electron chi connectivity index (χ3n) is 2.34. The maximum Gasteiger partial charge on any atom is 0.441 e. The molecular weight excluding hydrogens is 331 g/mol. The molecule has 0 saturated carbocycles. The SMILES string of the molecule is CCc1nn(C)c(CNCCSC(F)(F)F)c1Br. The Balaban J connectivity index is 2.38. The molecule has 0 unspecified atom stereocenters. The van der Waals surface area contributed by atoms with Gasteiger partial charge in [-0.3, -0.25) is 4.68 Å². The average Bonchev–Trinajstić information content (AvgIpc) is 2.53. The van der Waals surface area contributed by atoms with E-state index in [1.165, 1.54) is 0 Å². The van der Waals surface area contributed by atoms with E-state index in [0.717, 1.165) is 22.3 Å². The smallest absolute Gasteiger partial charge is 0.310 e. The monoisotopic (exact) mass is 345 g/mol. The van der Waals surface area contributed by atoms with Gasteiger partial charge in [0.2, 0.25) is 0 Å². The van der Waals surface area contributed by atoms with E-state index in [1.54, 1.807) is 4.68 Å². The highest BCUT2D eigenvalue weighted by Crippen LogP contribution is 2.29. The van der Waals surface area contributed by atoms with Crippen LogP contribution in [0.3, 0.4) is 0 Å². The number of rotatable bonds is 6. The first-order valence-electron chi connectivity index (χ1n) is 5.46. The van der Waals surface area contributed by atoms with E-state index in [9.17, 15) is 13.2 Å². The Morgan fingerprint density at radius 3 is 2.61 bits per heavy atom. The second-order valence-corrected chi connectivity index (χ2v) is 5.61. The molecule has 0 spiro atoms. The molecule has 3 nitrogen and oxygen atoms in total. The number of hydrogen-bond donors (Lipinski definition) is 1. The minimum atomic E-state index is -4.15. The van der Waals surface area contributed by atoms with Crippen molar-refractivity contribution in [1.29, 1.82) is 0 Å². The molecule has 0 aliphatic rings. The quantitative estimate of drug-likeness (QED) is 0.803. The number of aromatic nitrogens is 2. The van der Waals surface area contributed by atoms with E-state index in [1.807, 2.05) is 14.0 Å². The minimum Gasteiger partial charge on any atom is -0.310 e. The summed E-state index contributed by atoms with van der Waals surface area (Å²) in [7, 11) is 1.82. The number of hydrogen-bond acceptors (Lipinski definition) is 3. The van der Waals surface area contributed by atoms with Crippen molar-refractivity contribution in [2.45, 2.75) is 25.4 Å². The lowest BCUT2D eigenvalue weighted by Crippen LogP contribution is -2.20. The van der Waals surface area contributed by atoms with Gasteiger partial charge < -0.3 is 5.32 Å². The van der Waals surface area contributed by atoms with Crippen LogP contribution in [0.5, 0.6) is 0 Å². The predicted molar refractivity (Wildman–Crippen MR) is 70.5 cm³/mol. The third-order valence-corrected chi connectivity index (χ3v) is 3.99. The highest BCUT2D eigenvalue weighted by Gasteiger charge is 2.27. The number of alkyl halides is 3. The van der Waals surface area contributed by atoms with Gasteiger partial charge in [0, 0.05) is 25.9 Å². The van der Waals surface area contributed by atoms with Crippen LogP contribution in [0.4, 0.5) is 13.2 Å². The van der Waals surface area contributed by atoms with E-state index < -0.39 is 5.51 Å². The predicted octanol–water partition coefficient (Wildman–Crippen LogP) is 3.09. The average molecular weight is 346 g/mol. The molecule has 18 heavy (non-hydrogen) atoms. The third kappa shape index (κ3) is 4.81. The Hall–Kier alpha value is -0.210. The summed E-state index contributed by atoms with van der Waals surface area (Å²) in [4.78, 5) is 0. The highest BCUT2D eigenvalue weighted by molar-refractivity contribution is 9.10. The van der Waals surface area contributed by atoms with Gasteiger partial charge in [0.05, 0.1) is 15.9 Å². The fourth-order valence-electron chi connectivity index (χ4n) is 1.46. The first-order valence-corrected chi connectivity index (χ1v) is 7.24. The van der Waals surface area contributed by atoms with E-state index in [4.69, 9.17) is 0 Å². The normalized spacial score (nSPS) is 12.1. The zero-order valence-electron chi connectivity index (χ0n) is 10.1. The molecule has 0 fully saturated rings. The van der Waals surface area contributed by atoms with Crippen LogP contribution in [0.2, 0.25) is 0 Å². The summed E-state index contributed by atoms with van der Waals surface area (Å²) in [5.74, 6) is 0.0135. The molecule has 8 heteroatoms. The molecular formula is C10H15BrF3N3S. The summed E-state index contributed by atoms with van der Waals surface area (Å²) in [6.45, 7) is 2.82. The van der Waals surface area contributed by atoms with Crippen molar-refractivity contribution in [2.75, 3.05) is 12.3 Å². The Morgan fingerprint density at radius 2 is 2.11 bits per heavy atom. The van der Waals surface area contributed by atoms with Gasteiger partial charge in [0.25, 0.3) is 0 Å². The molecule has 0 aliphatic carbocycles. The Morgan fingerprint density at radius 1 is 1.44 bits per heavy atom. The van der Waals surface area contributed by atoms with Crippen molar-refractivity contribution in [3.63, 3.8) is 0 Å². The molecule has 1 aromatic heterocycles. The lowest BCUT2D eigenvalue weighted by atomic mass is 10.3. The van der Waals surface area contributed by atoms with Crippen LogP contribution in [0.15, 0.2) is 4.47 Å². The second kappa shape index (κ2) is 6.81. The minimum absolute atomic E-state index is 0.00983. The molecule has 1 aromatic rings. The van der Waals surface area contributed by atoms with Crippen molar-refractivity contribution < 1.29 is 13.2 Å². The number of nitrogens with zero attached hydrogens (tertiary/aromatic N) is 2. The van der Waals surface area contributed by atoms with Crippen LogP contribution in [0.1, 0.15) is 18.3 Å². The highest BCUT2D eigenvalue weighted by atomic mass is 79.9. The maximum atomic E-state index is 11.9. The maximum absolute atomic E-state index is 11.9. The van der Waals surface area contributed by atoms with Gasteiger partial charge in [-0.1, -0.05) is 6.92 Å². The molecule has 104 valence electrons. The van der Waals surface area contributed by atoms with E-state index in [-0.39, 0.29) is 17.5 Å². The summed E-state index contributed by atoms with van der Waals surface area (Å²) >= 11 is 3.44. The topological polar surface area (TPSA) is 29.9 Å². The molecule has 0 amide bonds. The van der Waals surface area contributed by atoms with Crippen LogP contribution in [-0.4, -0.2) is 27.6 Å². The lowest BCUT2D eigenvalue weighted by Gasteiger charge is -2.07. The van der Waals surface area contributed by atoms with Gasteiger partial charge in [-0.05, 0) is 34.1 Å². The fourth-order valence-corrected chi connectivity index (χ4v) is 2.69. The van der Waals surface area contributed by atoms with E-state index in [2.05, 4.69) is 26.3 Å².